The van der Waals surface area contributed by atoms with Crippen LogP contribution in [0, 0.1) is 0 Å². The van der Waals surface area contributed by atoms with Gasteiger partial charge in [0, 0.05) is 31.9 Å². The predicted octanol–water partition coefficient (Wildman–Crippen LogP) is 9.82. The highest BCUT2D eigenvalue weighted by Crippen LogP contribution is 2.50. The Kier molecular flexibility index (Phi) is 5.71. The molecule has 0 unspecified atom stereocenters. The molecule has 0 atom stereocenters. The molecule has 0 radical (unpaired) electrons. The van der Waals surface area contributed by atoms with Gasteiger partial charge < -0.3 is 0 Å². The van der Waals surface area contributed by atoms with Crippen LogP contribution in [0.15, 0.2) is 149 Å². The molecule has 7 aromatic rings. The van der Waals surface area contributed by atoms with Crippen molar-refractivity contribution < 1.29 is 0 Å². The van der Waals surface area contributed by atoms with Crippen molar-refractivity contribution in [3.8, 4) is 56.4 Å². The molecular weight excluding hydrogens is 518 g/mol. The van der Waals surface area contributed by atoms with Gasteiger partial charge in [0.2, 0.25) is 0 Å². The Labute approximate surface area is 242 Å². The second kappa shape index (κ2) is 9.84. The summed E-state index contributed by atoms with van der Waals surface area (Å²) in [5.74, 6) is 2.01. The molecule has 0 aliphatic carbocycles. The number of hydrogen-bond acceptors (Lipinski definition) is 4. The molecule has 2 heterocycles. The highest BCUT2D eigenvalue weighted by atomic mass is 32.2. The summed E-state index contributed by atoms with van der Waals surface area (Å²) in [4.78, 5) is 17.2. The Hall–Kier alpha value is -5.06. The summed E-state index contributed by atoms with van der Waals surface area (Å²) in [5.41, 5.74) is 7.92. The molecule has 0 bridgehead atoms. The van der Waals surface area contributed by atoms with Gasteiger partial charge in [0.15, 0.2) is 17.5 Å². The summed E-state index contributed by atoms with van der Waals surface area (Å²) >= 11 is 1.82. The first-order valence-electron chi connectivity index (χ1n) is 13.6. The normalized spacial score (nSPS) is 11.8. The Morgan fingerprint density at radius 1 is 0.366 bits per heavy atom. The van der Waals surface area contributed by atoms with E-state index in [2.05, 4.69) is 78.9 Å². The van der Waals surface area contributed by atoms with E-state index in [1.165, 1.54) is 42.8 Å². The number of rotatable bonds is 4. The fourth-order valence-corrected chi connectivity index (χ4v) is 6.75. The number of hydrogen-bond donors (Lipinski definition) is 0. The molecule has 1 aliphatic rings. The van der Waals surface area contributed by atoms with Crippen LogP contribution in [0.4, 0.5) is 0 Å². The molecule has 4 heteroatoms. The van der Waals surface area contributed by atoms with E-state index in [0.29, 0.717) is 17.5 Å². The number of nitrogens with zero attached hydrogens (tertiary/aromatic N) is 3. The third kappa shape index (κ3) is 4.21. The third-order valence-electron chi connectivity index (χ3n) is 7.54. The monoisotopic (exact) mass is 541 g/mol. The van der Waals surface area contributed by atoms with Gasteiger partial charge in [-0.1, -0.05) is 139 Å². The average molecular weight is 542 g/mol. The van der Waals surface area contributed by atoms with E-state index in [1.807, 2.05) is 72.4 Å². The van der Waals surface area contributed by atoms with Crippen LogP contribution in [-0.2, 0) is 0 Å². The van der Waals surface area contributed by atoms with Crippen LogP contribution >= 0.6 is 11.8 Å². The van der Waals surface area contributed by atoms with Gasteiger partial charge in [-0.05, 0) is 39.8 Å². The smallest absolute Gasteiger partial charge is 0.164 e. The lowest BCUT2D eigenvalue weighted by Crippen LogP contribution is -2.01. The summed E-state index contributed by atoms with van der Waals surface area (Å²) in [5, 5.41) is 2.60. The van der Waals surface area contributed by atoms with E-state index in [1.54, 1.807) is 0 Å². The van der Waals surface area contributed by atoms with Crippen LogP contribution in [0.3, 0.4) is 0 Å². The van der Waals surface area contributed by atoms with E-state index in [9.17, 15) is 0 Å². The second-order valence-electron chi connectivity index (χ2n) is 10.1. The zero-order valence-corrected chi connectivity index (χ0v) is 22.8. The minimum atomic E-state index is 0.670. The van der Waals surface area contributed by atoms with E-state index < -0.39 is 0 Å². The standard InChI is InChI=1S/C37H23N3S/c1-4-11-24(12-5-1)28-21-22-32-34-30(28)17-10-18-31(34)29-20-19-27(23-33(29)41-32)37-39-35(25-13-6-2-7-14-25)38-36(40-37)26-15-8-3-9-16-26/h1-23H. The lowest BCUT2D eigenvalue weighted by Gasteiger charge is -2.22. The maximum Gasteiger partial charge on any atom is 0.164 e. The third-order valence-corrected chi connectivity index (χ3v) is 8.65. The molecule has 0 N–H and O–H groups in total. The summed E-state index contributed by atoms with van der Waals surface area (Å²) < 4.78 is 0. The van der Waals surface area contributed by atoms with Crippen LogP contribution in [0.5, 0.6) is 0 Å². The van der Waals surface area contributed by atoms with Gasteiger partial charge in [0.05, 0.1) is 0 Å². The maximum absolute atomic E-state index is 4.95. The first-order chi connectivity index (χ1) is 20.3. The van der Waals surface area contributed by atoms with Gasteiger partial charge in [0.1, 0.15) is 0 Å². The first kappa shape index (κ1) is 23.8. The molecule has 0 fully saturated rings. The minimum absolute atomic E-state index is 0.670. The zero-order chi connectivity index (χ0) is 27.2. The molecule has 0 spiro atoms. The van der Waals surface area contributed by atoms with Crippen LogP contribution in [-0.4, -0.2) is 15.0 Å². The fourth-order valence-electron chi connectivity index (χ4n) is 5.58. The zero-order valence-electron chi connectivity index (χ0n) is 22.0. The van der Waals surface area contributed by atoms with Gasteiger partial charge in [-0.2, -0.15) is 0 Å². The number of aromatic nitrogens is 3. The SMILES string of the molecule is c1ccc(-c2nc(-c3ccccc3)nc(-c3ccc4c(c3)Sc3ccc(-c5ccccc5)c5cccc-4c35)n2)cc1. The second-order valence-corrected chi connectivity index (χ2v) is 11.1. The van der Waals surface area contributed by atoms with Crippen molar-refractivity contribution in [1.82, 2.24) is 15.0 Å². The molecule has 3 nitrogen and oxygen atoms in total. The van der Waals surface area contributed by atoms with Crippen molar-refractivity contribution in [3.05, 3.63) is 140 Å². The largest absolute Gasteiger partial charge is 0.208 e. The van der Waals surface area contributed by atoms with Gasteiger partial charge in [-0.25, -0.2) is 15.0 Å². The van der Waals surface area contributed by atoms with E-state index in [0.717, 1.165) is 16.7 Å². The van der Waals surface area contributed by atoms with Gasteiger partial charge >= 0.3 is 0 Å². The molecule has 41 heavy (non-hydrogen) atoms. The van der Waals surface area contributed by atoms with Gasteiger partial charge in [-0.3, -0.25) is 0 Å². The predicted molar refractivity (Wildman–Crippen MR) is 169 cm³/mol. The molecule has 0 amide bonds. The minimum Gasteiger partial charge on any atom is -0.208 e. The van der Waals surface area contributed by atoms with Crippen LogP contribution < -0.4 is 0 Å². The van der Waals surface area contributed by atoms with Crippen molar-refractivity contribution in [2.24, 2.45) is 0 Å². The summed E-state index contributed by atoms with van der Waals surface area (Å²) in [6.45, 7) is 0. The lowest BCUT2D eigenvalue weighted by molar-refractivity contribution is 1.07. The van der Waals surface area contributed by atoms with Crippen molar-refractivity contribution in [2.75, 3.05) is 0 Å². The molecule has 6 aromatic carbocycles. The Morgan fingerprint density at radius 3 is 1.56 bits per heavy atom. The highest BCUT2D eigenvalue weighted by molar-refractivity contribution is 7.99. The van der Waals surface area contributed by atoms with E-state index in [-0.39, 0.29) is 0 Å². The van der Waals surface area contributed by atoms with Crippen LogP contribution in [0.1, 0.15) is 0 Å². The molecular formula is C37H23N3S. The first-order valence-corrected chi connectivity index (χ1v) is 14.4. The van der Waals surface area contributed by atoms with Crippen molar-refractivity contribution in [2.45, 2.75) is 9.79 Å². The summed E-state index contributed by atoms with van der Waals surface area (Å²) in [7, 11) is 0. The lowest BCUT2D eigenvalue weighted by atomic mass is 9.92. The molecule has 8 rings (SSSR count). The molecule has 1 aliphatic heterocycles. The molecule has 192 valence electrons. The Balaban J connectivity index is 1.27. The molecule has 0 saturated carbocycles. The van der Waals surface area contributed by atoms with Crippen molar-refractivity contribution in [1.29, 1.82) is 0 Å². The van der Waals surface area contributed by atoms with Crippen LogP contribution in [0.25, 0.3) is 67.2 Å². The quantitative estimate of drug-likeness (QED) is 0.222. The molecule has 0 saturated heterocycles. The number of fused-ring (bicyclic) bond motifs is 2. The fraction of sp³-hybridized carbons (Fsp3) is 0. The van der Waals surface area contributed by atoms with Crippen LogP contribution in [0.2, 0.25) is 0 Å². The maximum atomic E-state index is 4.95. The number of benzene rings is 6. The van der Waals surface area contributed by atoms with Crippen molar-refractivity contribution >= 4 is 22.5 Å². The Bertz CT molecular complexity index is 2000. The summed E-state index contributed by atoms with van der Waals surface area (Å²) in [6, 6.07) is 48.6. The van der Waals surface area contributed by atoms with Gasteiger partial charge in [0.25, 0.3) is 0 Å². The Morgan fingerprint density at radius 2 is 0.927 bits per heavy atom. The highest BCUT2D eigenvalue weighted by Gasteiger charge is 2.22. The molecule has 1 aromatic heterocycles. The average Bonchev–Trinajstić information content (AvgIpc) is 3.06. The van der Waals surface area contributed by atoms with E-state index >= 15 is 0 Å². The van der Waals surface area contributed by atoms with E-state index in [4.69, 9.17) is 15.0 Å². The van der Waals surface area contributed by atoms with Crippen molar-refractivity contribution in [3.63, 3.8) is 0 Å². The van der Waals surface area contributed by atoms with Gasteiger partial charge in [-0.15, -0.1) is 0 Å². The summed E-state index contributed by atoms with van der Waals surface area (Å²) in [6.07, 6.45) is 0. The topological polar surface area (TPSA) is 38.7 Å².